The summed E-state index contributed by atoms with van der Waals surface area (Å²) in [4.78, 5) is 16.5. The second kappa shape index (κ2) is 6.30. The lowest BCUT2D eigenvalue weighted by atomic mass is 10.1. The van der Waals surface area contributed by atoms with Crippen LogP contribution in [0.15, 0.2) is 63.5 Å². The maximum Gasteiger partial charge on any atom is 0.203 e. The first kappa shape index (κ1) is 15.2. The second-order valence-corrected chi connectivity index (χ2v) is 7.13. The Morgan fingerprint density at radius 3 is 2.62 bits per heavy atom. The van der Waals surface area contributed by atoms with Gasteiger partial charge in [0, 0.05) is 26.5 Å². The van der Waals surface area contributed by atoms with Gasteiger partial charge in [0.15, 0.2) is 5.78 Å². The average molecular weight is 398 g/mol. The summed E-state index contributed by atoms with van der Waals surface area (Å²) in [5.41, 5.74) is 7.34. The van der Waals surface area contributed by atoms with E-state index in [1.54, 1.807) is 0 Å². The van der Waals surface area contributed by atoms with Crippen molar-refractivity contribution in [2.24, 2.45) is 5.10 Å². The molecule has 2 aromatic carbocycles. The van der Waals surface area contributed by atoms with Crippen LogP contribution < -0.4 is 5.43 Å². The lowest BCUT2D eigenvalue weighted by molar-refractivity contribution is 0.101. The van der Waals surface area contributed by atoms with E-state index in [4.69, 9.17) is 0 Å². The van der Waals surface area contributed by atoms with E-state index in [2.05, 4.69) is 31.4 Å². The number of thiazole rings is 1. The van der Waals surface area contributed by atoms with E-state index in [9.17, 15) is 4.79 Å². The van der Waals surface area contributed by atoms with Crippen LogP contribution in [0.2, 0.25) is 0 Å². The monoisotopic (exact) mass is 397 g/mol. The molecule has 1 aliphatic carbocycles. The minimum absolute atomic E-state index is 0.112. The van der Waals surface area contributed by atoms with Gasteiger partial charge in [-0.3, -0.25) is 10.2 Å². The largest absolute Gasteiger partial charge is 0.294 e. The number of rotatable bonds is 3. The summed E-state index contributed by atoms with van der Waals surface area (Å²) in [5, 5.41) is 7.08. The minimum Gasteiger partial charge on any atom is -0.294 e. The van der Waals surface area contributed by atoms with Gasteiger partial charge in [0.25, 0.3) is 0 Å². The van der Waals surface area contributed by atoms with Gasteiger partial charge in [-0.15, -0.1) is 11.3 Å². The molecule has 0 radical (unpaired) electrons. The van der Waals surface area contributed by atoms with Gasteiger partial charge >= 0.3 is 0 Å². The van der Waals surface area contributed by atoms with Crippen LogP contribution in [0.25, 0.3) is 11.3 Å². The zero-order valence-corrected chi connectivity index (χ0v) is 14.9. The number of ketones is 1. The van der Waals surface area contributed by atoms with E-state index in [0.29, 0.717) is 11.6 Å². The van der Waals surface area contributed by atoms with Crippen LogP contribution in [0.4, 0.5) is 5.13 Å². The van der Waals surface area contributed by atoms with Crippen molar-refractivity contribution in [1.29, 1.82) is 0 Å². The molecular weight excluding hydrogens is 386 g/mol. The molecular formula is C18H12BrN3OS. The summed E-state index contributed by atoms with van der Waals surface area (Å²) in [7, 11) is 0. The van der Waals surface area contributed by atoms with Crippen molar-refractivity contribution in [3.05, 3.63) is 69.5 Å². The standard InChI is InChI=1S/C18H12BrN3OS/c19-12-7-5-11(6-8-12)16-10-24-18(20-16)22-21-15-9-17(23)14-4-2-1-3-13(14)15/h1-8,10H,9H2,(H,20,22)/b21-15-. The fourth-order valence-corrected chi connectivity index (χ4v) is 3.54. The molecule has 0 saturated carbocycles. The van der Waals surface area contributed by atoms with E-state index < -0.39 is 0 Å². The number of nitrogens with one attached hydrogen (secondary N) is 1. The maximum atomic E-state index is 12.0. The van der Waals surface area contributed by atoms with Crippen molar-refractivity contribution in [3.8, 4) is 11.3 Å². The van der Waals surface area contributed by atoms with Crippen LogP contribution in [0.3, 0.4) is 0 Å². The van der Waals surface area contributed by atoms with E-state index in [-0.39, 0.29) is 5.78 Å². The van der Waals surface area contributed by atoms with Crippen LogP contribution in [-0.4, -0.2) is 16.5 Å². The van der Waals surface area contributed by atoms with E-state index in [0.717, 1.165) is 32.6 Å². The highest BCUT2D eigenvalue weighted by Gasteiger charge is 2.24. The first-order valence-electron chi connectivity index (χ1n) is 7.37. The molecule has 6 heteroatoms. The van der Waals surface area contributed by atoms with Crippen molar-refractivity contribution in [3.63, 3.8) is 0 Å². The Bertz CT molecular complexity index is 947. The van der Waals surface area contributed by atoms with Gasteiger partial charge in [0.2, 0.25) is 5.13 Å². The summed E-state index contributed by atoms with van der Waals surface area (Å²) >= 11 is 4.92. The molecule has 1 aliphatic rings. The number of halogens is 1. The van der Waals surface area contributed by atoms with Gasteiger partial charge in [-0.1, -0.05) is 52.3 Å². The molecule has 1 N–H and O–H groups in total. The molecule has 0 unspecified atom stereocenters. The Morgan fingerprint density at radius 2 is 1.83 bits per heavy atom. The number of carbonyl (C=O) groups excluding carboxylic acids is 1. The van der Waals surface area contributed by atoms with E-state index in [1.165, 1.54) is 11.3 Å². The molecule has 1 heterocycles. The summed E-state index contributed by atoms with van der Waals surface area (Å²) in [6.45, 7) is 0. The summed E-state index contributed by atoms with van der Waals surface area (Å²) in [6, 6.07) is 15.6. The van der Waals surface area contributed by atoms with Crippen molar-refractivity contribution < 1.29 is 4.79 Å². The molecule has 0 amide bonds. The fraction of sp³-hybridized carbons (Fsp3) is 0.0556. The van der Waals surface area contributed by atoms with E-state index in [1.807, 2.05) is 53.9 Å². The lowest BCUT2D eigenvalue weighted by Gasteiger charge is -1.99. The fourth-order valence-electron chi connectivity index (χ4n) is 2.61. The molecule has 3 aromatic rings. The number of hydrogen-bond donors (Lipinski definition) is 1. The zero-order valence-electron chi connectivity index (χ0n) is 12.5. The predicted molar refractivity (Wildman–Crippen MR) is 101 cm³/mol. The van der Waals surface area contributed by atoms with E-state index >= 15 is 0 Å². The predicted octanol–water partition coefficient (Wildman–Crippen LogP) is 4.98. The number of nitrogens with zero attached hydrogens (tertiary/aromatic N) is 2. The molecule has 24 heavy (non-hydrogen) atoms. The Morgan fingerprint density at radius 1 is 1.08 bits per heavy atom. The van der Waals surface area contributed by atoms with Gasteiger partial charge in [-0.25, -0.2) is 4.98 Å². The smallest absolute Gasteiger partial charge is 0.203 e. The Hall–Kier alpha value is -2.31. The Labute approximate surface area is 151 Å². The van der Waals surface area contributed by atoms with Gasteiger partial charge in [-0.05, 0) is 12.1 Å². The van der Waals surface area contributed by atoms with Gasteiger partial charge in [-0.2, -0.15) is 5.10 Å². The van der Waals surface area contributed by atoms with Crippen molar-refractivity contribution >= 4 is 43.9 Å². The Kier molecular flexibility index (Phi) is 4.00. The zero-order chi connectivity index (χ0) is 16.5. The molecule has 0 bridgehead atoms. The summed E-state index contributed by atoms with van der Waals surface area (Å²) in [5.74, 6) is 0.112. The summed E-state index contributed by atoms with van der Waals surface area (Å²) < 4.78 is 1.04. The van der Waals surface area contributed by atoms with Crippen LogP contribution in [0.1, 0.15) is 22.3 Å². The first-order valence-corrected chi connectivity index (χ1v) is 9.04. The quantitative estimate of drug-likeness (QED) is 0.634. The number of aromatic nitrogens is 1. The number of fused-ring (bicyclic) bond motifs is 1. The third-order valence-corrected chi connectivity index (χ3v) is 5.07. The van der Waals surface area contributed by atoms with Crippen molar-refractivity contribution in [2.75, 3.05) is 5.43 Å². The molecule has 1 aromatic heterocycles. The third kappa shape index (κ3) is 2.90. The molecule has 0 aliphatic heterocycles. The minimum atomic E-state index is 0.112. The molecule has 0 fully saturated rings. The number of carbonyl (C=O) groups is 1. The number of benzene rings is 2. The highest BCUT2D eigenvalue weighted by atomic mass is 79.9. The van der Waals surface area contributed by atoms with Gasteiger partial charge in [0.05, 0.1) is 17.8 Å². The Balaban J connectivity index is 1.55. The van der Waals surface area contributed by atoms with Gasteiger partial charge < -0.3 is 0 Å². The molecule has 0 atom stereocenters. The van der Waals surface area contributed by atoms with Crippen LogP contribution in [0.5, 0.6) is 0 Å². The van der Waals surface area contributed by atoms with Crippen molar-refractivity contribution in [1.82, 2.24) is 4.98 Å². The topological polar surface area (TPSA) is 54.4 Å². The maximum absolute atomic E-state index is 12.0. The third-order valence-electron chi connectivity index (χ3n) is 3.80. The van der Waals surface area contributed by atoms with Crippen LogP contribution in [0, 0.1) is 0 Å². The first-order chi connectivity index (χ1) is 11.7. The molecule has 118 valence electrons. The molecule has 4 rings (SSSR count). The number of anilines is 1. The normalized spacial score (nSPS) is 14.9. The van der Waals surface area contributed by atoms with Gasteiger partial charge in [0.1, 0.15) is 0 Å². The second-order valence-electron chi connectivity index (χ2n) is 5.36. The highest BCUT2D eigenvalue weighted by Crippen LogP contribution is 2.27. The lowest BCUT2D eigenvalue weighted by Crippen LogP contribution is -2.00. The van der Waals surface area contributed by atoms with Crippen LogP contribution in [-0.2, 0) is 0 Å². The molecule has 4 nitrogen and oxygen atoms in total. The summed E-state index contributed by atoms with van der Waals surface area (Å²) in [6.07, 6.45) is 0.331. The SMILES string of the molecule is O=C1C/C(=N/Nc2nc(-c3ccc(Br)cc3)cs2)c2ccccc21. The number of hydrogen-bond acceptors (Lipinski definition) is 5. The molecule has 0 spiro atoms. The number of Topliss-reactive ketones (excluding diaryl/α,β-unsaturated/α-hetero) is 1. The van der Waals surface area contributed by atoms with Crippen molar-refractivity contribution in [2.45, 2.75) is 6.42 Å². The number of hydrazone groups is 1. The highest BCUT2D eigenvalue weighted by molar-refractivity contribution is 9.10. The molecule has 0 saturated heterocycles. The van der Waals surface area contributed by atoms with Crippen LogP contribution >= 0.6 is 27.3 Å². The average Bonchev–Trinajstić information content (AvgIpc) is 3.19.